The number of fused-ring (bicyclic) bond motifs is 1. The van der Waals surface area contributed by atoms with Crippen molar-refractivity contribution in [3.63, 3.8) is 0 Å². The van der Waals surface area contributed by atoms with Crippen LogP contribution in [0.2, 0.25) is 0 Å². The molecule has 2 aromatic carbocycles. The van der Waals surface area contributed by atoms with Gasteiger partial charge in [0.1, 0.15) is 0 Å². The van der Waals surface area contributed by atoms with Gasteiger partial charge in [0.15, 0.2) is 0 Å². The number of aromatic nitrogens is 2. The molecule has 28 heavy (non-hydrogen) atoms. The van der Waals surface area contributed by atoms with Crippen LogP contribution in [-0.2, 0) is 28.9 Å². The van der Waals surface area contributed by atoms with Gasteiger partial charge in [0, 0.05) is 26.3 Å². The topological polar surface area (TPSA) is 93.4 Å². The number of imidazole rings is 1. The van der Waals surface area contributed by atoms with E-state index in [4.69, 9.17) is 0 Å². The lowest BCUT2D eigenvalue weighted by Gasteiger charge is -2.20. The smallest absolute Gasteiger partial charge is 0.325 e. The number of carbonyl (C=O) groups excluding carboxylic acids is 1. The van der Waals surface area contributed by atoms with E-state index in [9.17, 15) is 18.0 Å². The molecule has 1 aromatic heterocycles. The number of aryl methyl sites for hydroxylation is 2. The molecule has 0 atom stereocenters. The lowest BCUT2D eigenvalue weighted by Crippen LogP contribution is -2.37. The second-order valence-corrected chi connectivity index (χ2v) is 8.33. The van der Waals surface area contributed by atoms with Gasteiger partial charge in [-0.25, -0.2) is 13.2 Å². The van der Waals surface area contributed by atoms with E-state index in [1.165, 1.54) is 21.3 Å². The molecular formula is C19H22N4O4S. The maximum Gasteiger partial charge on any atom is 0.328 e. The number of carbonyl (C=O) groups is 1. The first-order valence-corrected chi connectivity index (χ1v) is 10.2. The van der Waals surface area contributed by atoms with Crippen molar-refractivity contribution in [2.45, 2.75) is 11.8 Å². The van der Waals surface area contributed by atoms with Crippen molar-refractivity contribution < 1.29 is 13.2 Å². The largest absolute Gasteiger partial charge is 0.328 e. The number of anilines is 1. The van der Waals surface area contributed by atoms with E-state index in [-0.39, 0.29) is 23.7 Å². The Balaban J connectivity index is 1.89. The maximum absolute atomic E-state index is 13.0. The van der Waals surface area contributed by atoms with Gasteiger partial charge in [-0.05, 0) is 30.3 Å². The number of benzene rings is 2. The van der Waals surface area contributed by atoms with E-state index in [2.05, 4.69) is 5.32 Å². The summed E-state index contributed by atoms with van der Waals surface area (Å²) in [4.78, 5) is 24.4. The summed E-state index contributed by atoms with van der Waals surface area (Å²) in [5.74, 6) is -0.426. The van der Waals surface area contributed by atoms with E-state index in [1.807, 2.05) is 6.07 Å². The van der Waals surface area contributed by atoms with Crippen LogP contribution in [0.5, 0.6) is 0 Å². The zero-order chi connectivity index (χ0) is 20.5. The molecule has 0 bridgehead atoms. The fraction of sp³-hybridized carbons (Fsp3) is 0.263. The number of hydrogen-bond donors (Lipinski definition) is 1. The molecule has 0 spiro atoms. The molecule has 0 saturated carbocycles. The lowest BCUT2D eigenvalue weighted by molar-refractivity contribution is -0.116. The van der Waals surface area contributed by atoms with Crippen LogP contribution < -0.4 is 11.0 Å². The molecule has 0 unspecified atom stereocenters. The monoisotopic (exact) mass is 402 g/mol. The van der Waals surface area contributed by atoms with Crippen LogP contribution in [0.4, 0.5) is 5.69 Å². The van der Waals surface area contributed by atoms with Gasteiger partial charge in [-0.1, -0.05) is 25.1 Å². The van der Waals surface area contributed by atoms with Gasteiger partial charge in [0.25, 0.3) is 0 Å². The summed E-state index contributed by atoms with van der Waals surface area (Å²) in [6.45, 7) is 1.50. The molecule has 148 valence electrons. The summed E-state index contributed by atoms with van der Waals surface area (Å²) in [7, 11) is -0.683. The predicted molar refractivity (Wildman–Crippen MR) is 108 cm³/mol. The Morgan fingerprint density at radius 2 is 1.68 bits per heavy atom. The van der Waals surface area contributed by atoms with Gasteiger partial charge < -0.3 is 5.32 Å². The van der Waals surface area contributed by atoms with Crippen molar-refractivity contribution in [2.24, 2.45) is 14.1 Å². The fourth-order valence-electron chi connectivity index (χ4n) is 3.05. The molecule has 1 amide bonds. The summed E-state index contributed by atoms with van der Waals surface area (Å²) in [5.41, 5.74) is 1.51. The Bertz CT molecular complexity index is 1180. The Morgan fingerprint density at radius 3 is 2.32 bits per heavy atom. The van der Waals surface area contributed by atoms with Crippen LogP contribution in [0.15, 0.2) is 58.2 Å². The lowest BCUT2D eigenvalue weighted by atomic mass is 10.3. The SMILES string of the molecule is CCN(CC(=O)Nc1ccccc1)S(=O)(=O)c1ccc2c(c1)n(C)c(=O)n2C. The van der Waals surface area contributed by atoms with Crippen LogP contribution in [0.25, 0.3) is 11.0 Å². The molecule has 1 N–H and O–H groups in total. The average Bonchev–Trinajstić information content (AvgIpc) is 2.90. The summed E-state index contributed by atoms with van der Waals surface area (Å²) >= 11 is 0. The van der Waals surface area contributed by atoms with Crippen molar-refractivity contribution in [2.75, 3.05) is 18.4 Å². The van der Waals surface area contributed by atoms with Crippen molar-refractivity contribution in [3.8, 4) is 0 Å². The highest BCUT2D eigenvalue weighted by molar-refractivity contribution is 7.89. The highest BCUT2D eigenvalue weighted by atomic mass is 32.2. The van der Waals surface area contributed by atoms with Gasteiger partial charge >= 0.3 is 5.69 Å². The van der Waals surface area contributed by atoms with E-state index in [0.717, 1.165) is 4.31 Å². The van der Waals surface area contributed by atoms with E-state index >= 15 is 0 Å². The number of para-hydroxylation sites is 1. The molecule has 0 fully saturated rings. The molecular weight excluding hydrogens is 380 g/mol. The third kappa shape index (κ3) is 3.58. The molecule has 0 radical (unpaired) electrons. The minimum absolute atomic E-state index is 0.0376. The van der Waals surface area contributed by atoms with Crippen LogP contribution in [0.1, 0.15) is 6.92 Å². The molecule has 9 heteroatoms. The third-order valence-corrected chi connectivity index (χ3v) is 6.53. The van der Waals surface area contributed by atoms with Crippen molar-refractivity contribution in [1.29, 1.82) is 0 Å². The fourth-order valence-corrected chi connectivity index (χ4v) is 4.47. The third-order valence-electron chi connectivity index (χ3n) is 4.61. The van der Waals surface area contributed by atoms with Gasteiger partial charge in [-0.15, -0.1) is 0 Å². The second-order valence-electron chi connectivity index (χ2n) is 6.40. The number of nitrogens with zero attached hydrogens (tertiary/aromatic N) is 3. The van der Waals surface area contributed by atoms with Crippen molar-refractivity contribution in [3.05, 3.63) is 59.0 Å². The molecule has 3 rings (SSSR count). The molecule has 0 aliphatic carbocycles. The Morgan fingerprint density at radius 1 is 1.04 bits per heavy atom. The number of sulfonamides is 1. The average molecular weight is 402 g/mol. The summed E-state index contributed by atoms with van der Waals surface area (Å²) in [6.07, 6.45) is 0. The highest BCUT2D eigenvalue weighted by Gasteiger charge is 2.26. The van der Waals surface area contributed by atoms with Crippen molar-refractivity contribution >= 4 is 32.7 Å². The zero-order valence-corrected chi connectivity index (χ0v) is 16.7. The van der Waals surface area contributed by atoms with Crippen LogP contribution >= 0.6 is 0 Å². The Kier molecular flexibility index (Phi) is 5.39. The number of hydrogen-bond acceptors (Lipinski definition) is 4. The summed E-state index contributed by atoms with van der Waals surface area (Å²) < 4.78 is 30.1. The van der Waals surface area contributed by atoms with Crippen molar-refractivity contribution in [1.82, 2.24) is 13.4 Å². The first-order chi connectivity index (χ1) is 13.3. The number of amides is 1. The predicted octanol–water partition coefficient (Wildman–Crippen LogP) is 1.53. The van der Waals surface area contributed by atoms with E-state index < -0.39 is 15.9 Å². The molecule has 0 saturated heterocycles. The zero-order valence-electron chi connectivity index (χ0n) is 15.9. The van der Waals surface area contributed by atoms with Crippen LogP contribution in [0, 0.1) is 0 Å². The normalized spacial score (nSPS) is 11.9. The first-order valence-electron chi connectivity index (χ1n) is 8.76. The van der Waals surface area contributed by atoms with Crippen LogP contribution in [-0.4, -0.2) is 40.9 Å². The second kappa shape index (κ2) is 7.61. The van der Waals surface area contributed by atoms with Gasteiger partial charge in [0.2, 0.25) is 15.9 Å². The minimum atomic E-state index is -3.90. The molecule has 1 heterocycles. The molecule has 3 aromatic rings. The number of rotatable bonds is 6. The van der Waals surface area contributed by atoms with Crippen LogP contribution in [0.3, 0.4) is 0 Å². The molecule has 0 aliphatic heterocycles. The standard InChI is InChI=1S/C19H22N4O4S/c1-4-23(13-18(24)20-14-8-6-5-7-9-14)28(26,27)15-10-11-16-17(12-15)22(3)19(25)21(16)2/h5-12H,4,13H2,1-3H3,(H,20,24). The summed E-state index contributed by atoms with van der Waals surface area (Å²) in [6, 6.07) is 13.4. The summed E-state index contributed by atoms with van der Waals surface area (Å²) in [5, 5.41) is 2.69. The van der Waals surface area contributed by atoms with E-state index in [1.54, 1.807) is 51.4 Å². The molecule has 0 aliphatic rings. The Labute approximate surface area is 163 Å². The minimum Gasteiger partial charge on any atom is -0.325 e. The number of nitrogens with one attached hydrogen (secondary N) is 1. The molecule has 8 nitrogen and oxygen atoms in total. The Hall–Kier alpha value is -2.91. The number of likely N-dealkylation sites (N-methyl/N-ethyl adjacent to an activating group) is 1. The quantitative estimate of drug-likeness (QED) is 0.677. The first kappa shape index (κ1) is 19.8. The van der Waals surface area contributed by atoms with Gasteiger partial charge in [0.05, 0.1) is 22.5 Å². The van der Waals surface area contributed by atoms with Gasteiger partial charge in [-0.3, -0.25) is 13.9 Å². The maximum atomic E-state index is 13.0. The van der Waals surface area contributed by atoms with Gasteiger partial charge in [-0.2, -0.15) is 4.31 Å². The highest BCUT2D eigenvalue weighted by Crippen LogP contribution is 2.21. The van der Waals surface area contributed by atoms with E-state index in [0.29, 0.717) is 16.7 Å².